The van der Waals surface area contributed by atoms with E-state index in [1.807, 2.05) is 17.7 Å². The summed E-state index contributed by atoms with van der Waals surface area (Å²) in [7, 11) is 1.90. The third-order valence-corrected chi connectivity index (χ3v) is 5.44. The quantitative estimate of drug-likeness (QED) is 0.557. The second-order valence-corrected chi connectivity index (χ2v) is 7.34. The van der Waals surface area contributed by atoms with E-state index < -0.39 is 0 Å². The van der Waals surface area contributed by atoms with Gasteiger partial charge < -0.3 is 4.57 Å². The number of rotatable bonds is 2. The molecule has 0 fully saturated rings. The minimum Gasteiger partial charge on any atom is -0.338 e. The summed E-state index contributed by atoms with van der Waals surface area (Å²) in [6, 6.07) is 7.08. The van der Waals surface area contributed by atoms with Crippen molar-refractivity contribution < 1.29 is 4.39 Å². The van der Waals surface area contributed by atoms with E-state index in [2.05, 4.69) is 18.1 Å². The SMILES string of the molecule is Cc1cc2c(s1)c1cnn(Cc3ccc(C)c(F)c3)c(=O)c1n2C. The molecule has 4 aromatic rings. The maximum Gasteiger partial charge on any atom is 0.291 e. The Morgan fingerprint density at radius 3 is 2.79 bits per heavy atom. The third kappa shape index (κ3) is 2.17. The van der Waals surface area contributed by atoms with Crippen LogP contribution in [0.2, 0.25) is 0 Å². The van der Waals surface area contributed by atoms with Gasteiger partial charge in [-0.05, 0) is 37.1 Å². The van der Waals surface area contributed by atoms with Crippen LogP contribution in [0.4, 0.5) is 4.39 Å². The van der Waals surface area contributed by atoms with Crippen LogP contribution >= 0.6 is 11.3 Å². The molecule has 0 spiro atoms. The zero-order valence-corrected chi connectivity index (χ0v) is 14.4. The van der Waals surface area contributed by atoms with Crippen molar-refractivity contribution in [2.24, 2.45) is 7.05 Å². The van der Waals surface area contributed by atoms with Gasteiger partial charge in [0.1, 0.15) is 11.3 Å². The fourth-order valence-corrected chi connectivity index (χ4v) is 4.10. The van der Waals surface area contributed by atoms with Crippen molar-refractivity contribution in [1.82, 2.24) is 14.3 Å². The third-order valence-electron chi connectivity index (χ3n) is 4.36. The molecule has 3 heterocycles. The number of aromatic nitrogens is 3. The van der Waals surface area contributed by atoms with Crippen LogP contribution in [0.1, 0.15) is 16.0 Å². The van der Waals surface area contributed by atoms with E-state index in [-0.39, 0.29) is 17.9 Å². The maximum atomic E-state index is 13.7. The zero-order valence-electron chi connectivity index (χ0n) is 13.6. The van der Waals surface area contributed by atoms with Gasteiger partial charge in [0.2, 0.25) is 0 Å². The number of hydrogen-bond donors (Lipinski definition) is 0. The van der Waals surface area contributed by atoms with Crippen molar-refractivity contribution in [1.29, 1.82) is 0 Å². The summed E-state index contributed by atoms with van der Waals surface area (Å²) in [5.41, 5.74) is 2.84. The van der Waals surface area contributed by atoms with Gasteiger partial charge in [-0.15, -0.1) is 11.3 Å². The molecule has 3 aromatic heterocycles. The first kappa shape index (κ1) is 15.1. The van der Waals surface area contributed by atoms with Crippen LogP contribution in [-0.4, -0.2) is 14.3 Å². The monoisotopic (exact) mass is 341 g/mol. The Morgan fingerprint density at radius 2 is 2.04 bits per heavy atom. The number of fused-ring (bicyclic) bond motifs is 3. The first-order chi connectivity index (χ1) is 11.5. The van der Waals surface area contributed by atoms with Crippen LogP contribution in [0.5, 0.6) is 0 Å². The second-order valence-electron chi connectivity index (χ2n) is 6.08. The number of thiophene rings is 1. The van der Waals surface area contributed by atoms with Gasteiger partial charge in [0, 0.05) is 17.3 Å². The molecule has 0 saturated heterocycles. The molecule has 4 rings (SSSR count). The average molecular weight is 341 g/mol. The summed E-state index contributed by atoms with van der Waals surface area (Å²) in [5, 5.41) is 5.18. The van der Waals surface area contributed by atoms with Gasteiger partial charge in [-0.25, -0.2) is 9.07 Å². The predicted octanol–water partition coefficient (Wildman–Crippen LogP) is 3.75. The summed E-state index contributed by atoms with van der Waals surface area (Å²) in [6.45, 7) is 4.02. The highest BCUT2D eigenvalue weighted by Gasteiger charge is 2.16. The number of aryl methyl sites for hydroxylation is 3. The first-order valence-corrected chi connectivity index (χ1v) is 8.47. The highest BCUT2D eigenvalue weighted by atomic mass is 32.1. The number of halogens is 1. The molecule has 24 heavy (non-hydrogen) atoms. The lowest BCUT2D eigenvalue weighted by atomic mass is 10.1. The molecule has 0 aliphatic rings. The molecular weight excluding hydrogens is 325 g/mol. The minimum absolute atomic E-state index is 0.156. The lowest BCUT2D eigenvalue weighted by molar-refractivity contribution is 0.605. The van der Waals surface area contributed by atoms with Crippen LogP contribution in [-0.2, 0) is 13.6 Å². The number of nitrogens with zero attached hydrogens (tertiary/aromatic N) is 3. The molecule has 0 unspecified atom stereocenters. The minimum atomic E-state index is -0.267. The normalized spacial score (nSPS) is 11.7. The van der Waals surface area contributed by atoms with E-state index in [0.717, 1.165) is 21.2 Å². The Bertz CT molecular complexity index is 1150. The molecule has 0 atom stereocenters. The van der Waals surface area contributed by atoms with Crippen LogP contribution in [0, 0.1) is 19.7 Å². The van der Waals surface area contributed by atoms with Gasteiger partial charge in [0.05, 0.1) is 23.0 Å². The van der Waals surface area contributed by atoms with Gasteiger partial charge in [-0.1, -0.05) is 12.1 Å². The van der Waals surface area contributed by atoms with Crippen LogP contribution in [0.3, 0.4) is 0 Å². The van der Waals surface area contributed by atoms with E-state index in [1.54, 1.807) is 30.5 Å². The fraction of sp³-hybridized carbons (Fsp3) is 0.222. The summed E-state index contributed by atoms with van der Waals surface area (Å²) in [4.78, 5) is 14.1. The van der Waals surface area contributed by atoms with Gasteiger partial charge >= 0.3 is 0 Å². The molecule has 0 aliphatic carbocycles. The zero-order chi connectivity index (χ0) is 17.0. The lowest BCUT2D eigenvalue weighted by Gasteiger charge is -2.07. The average Bonchev–Trinajstić information content (AvgIpc) is 3.04. The molecule has 4 nitrogen and oxygen atoms in total. The van der Waals surface area contributed by atoms with E-state index in [0.29, 0.717) is 11.1 Å². The predicted molar refractivity (Wildman–Crippen MR) is 95.3 cm³/mol. The van der Waals surface area contributed by atoms with Crippen molar-refractivity contribution in [3.63, 3.8) is 0 Å². The van der Waals surface area contributed by atoms with Crippen molar-refractivity contribution >= 4 is 32.5 Å². The molecule has 0 radical (unpaired) electrons. The van der Waals surface area contributed by atoms with Gasteiger partial charge in [-0.2, -0.15) is 5.10 Å². The van der Waals surface area contributed by atoms with Crippen molar-refractivity contribution in [2.75, 3.05) is 0 Å². The molecular formula is C18H16FN3OS. The van der Waals surface area contributed by atoms with Crippen LogP contribution < -0.4 is 5.56 Å². The summed E-state index contributed by atoms with van der Waals surface area (Å²) in [6.07, 6.45) is 1.74. The highest BCUT2D eigenvalue weighted by Crippen LogP contribution is 2.32. The van der Waals surface area contributed by atoms with E-state index in [4.69, 9.17) is 0 Å². The Morgan fingerprint density at radius 1 is 1.25 bits per heavy atom. The molecule has 0 N–H and O–H groups in total. The standard InChI is InChI=1S/C18H16FN3OS/c1-10-4-5-12(7-14(10)19)9-22-18(23)16-13(8-20-22)17-15(21(16)3)6-11(2)24-17/h4-8H,9H2,1-3H3. The van der Waals surface area contributed by atoms with E-state index >= 15 is 0 Å². The molecule has 6 heteroatoms. The highest BCUT2D eigenvalue weighted by molar-refractivity contribution is 7.20. The van der Waals surface area contributed by atoms with Crippen LogP contribution in [0.15, 0.2) is 35.3 Å². The summed E-state index contributed by atoms with van der Waals surface area (Å²) >= 11 is 1.67. The molecule has 0 bridgehead atoms. The molecule has 0 aliphatic heterocycles. The first-order valence-electron chi connectivity index (χ1n) is 7.65. The van der Waals surface area contributed by atoms with Crippen molar-refractivity contribution in [3.05, 3.63) is 62.6 Å². The lowest BCUT2D eigenvalue weighted by Crippen LogP contribution is -2.24. The van der Waals surface area contributed by atoms with Crippen molar-refractivity contribution in [3.8, 4) is 0 Å². The topological polar surface area (TPSA) is 39.8 Å². The maximum absolute atomic E-state index is 13.7. The van der Waals surface area contributed by atoms with Gasteiger partial charge in [0.15, 0.2) is 0 Å². The van der Waals surface area contributed by atoms with Crippen LogP contribution in [0.25, 0.3) is 21.1 Å². The van der Waals surface area contributed by atoms with E-state index in [1.165, 1.54) is 15.6 Å². The van der Waals surface area contributed by atoms with Gasteiger partial charge in [-0.3, -0.25) is 4.79 Å². The summed E-state index contributed by atoms with van der Waals surface area (Å²) < 4.78 is 18.1. The molecule has 122 valence electrons. The smallest absolute Gasteiger partial charge is 0.291 e. The van der Waals surface area contributed by atoms with Crippen molar-refractivity contribution in [2.45, 2.75) is 20.4 Å². The van der Waals surface area contributed by atoms with Gasteiger partial charge in [0.25, 0.3) is 5.56 Å². The largest absolute Gasteiger partial charge is 0.338 e. The Kier molecular flexibility index (Phi) is 3.31. The van der Waals surface area contributed by atoms with E-state index in [9.17, 15) is 9.18 Å². The Hall–Kier alpha value is -2.47. The fourth-order valence-electron chi connectivity index (χ4n) is 3.05. The second kappa shape index (κ2) is 5.27. The number of hydrogen-bond acceptors (Lipinski definition) is 3. The summed E-state index contributed by atoms with van der Waals surface area (Å²) in [5.74, 6) is -0.267. The Balaban J connectivity index is 1.88. The molecule has 1 aromatic carbocycles. The number of benzene rings is 1. The molecule has 0 amide bonds. The molecule has 0 saturated carbocycles. The Labute approximate surface area is 141 Å².